The molecule has 0 aromatic rings. The van der Waals surface area contributed by atoms with Gasteiger partial charge < -0.3 is 14.9 Å². The molecule has 3 nitrogen and oxygen atoms in total. The number of hydrogen-bond donors (Lipinski definition) is 2. The Hall–Kier alpha value is -0.380. The van der Waals surface area contributed by atoms with Crippen LogP contribution in [0, 0.1) is 0 Å². The van der Waals surface area contributed by atoms with E-state index in [4.69, 9.17) is 14.9 Å². The molecular formula is C8H16O3. The van der Waals surface area contributed by atoms with Gasteiger partial charge in [-0.25, -0.2) is 0 Å². The standard InChI is InChI=1S/C8H16O3/c1-7(2)3-4-11-6-8(10)5-9/h3,8-10H,4-6H2,1-2H3. The largest absolute Gasteiger partial charge is 0.394 e. The summed E-state index contributed by atoms with van der Waals surface area (Å²) in [6.07, 6.45) is 1.17. The molecule has 0 aromatic carbocycles. The molecule has 0 aliphatic heterocycles. The molecule has 0 radical (unpaired) electrons. The van der Waals surface area contributed by atoms with Gasteiger partial charge in [0.25, 0.3) is 0 Å². The zero-order chi connectivity index (χ0) is 8.69. The van der Waals surface area contributed by atoms with Gasteiger partial charge >= 0.3 is 0 Å². The fourth-order valence-electron chi connectivity index (χ4n) is 0.482. The van der Waals surface area contributed by atoms with E-state index >= 15 is 0 Å². The molecule has 2 N–H and O–H groups in total. The van der Waals surface area contributed by atoms with E-state index in [-0.39, 0.29) is 13.2 Å². The molecule has 3 heteroatoms. The van der Waals surface area contributed by atoms with Crippen molar-refractivity contribution < 1.29 is 14.9 Å². The van der Waals surface area contributed by atoms with Gasteiger partial charge in [0.05, 0.1) is 19.8 Å². The topological polar surface area (TPSA) is 49.7 Å². The normalized spacial score (nSPS) is 12.7. The summed E-state index contributed by atoms with van der Waals surface area (Å²) in [5.41, 5.74) is 1.18. The second-order valence-electron chi connectivity index (χ2n) is 2.66. The molecule has 0 amide bonds. The minimum atomic E-state index is -0.749. The summed E-state index contributed by atoms with van der Waals surface area (Å²) in [5.74, 6) is 0. The van der Waals surface area contributed by atoms with Gasteiger partial charge in [0.1, 0.15) is 6.10 Å². The van der Waals surface area contributed by atoms with E-state index in [9.17, 15) is 0 Å². The summed E-state index contributed by atoms with van der Waals surface area (Å²) in [6.45, 7) is 4.41. The van der Waals surface area contributed by atoms with Gasteiger partial charge in [-0.2, -0.15) is 0 Å². The van der Waals surface area contributed by atoms with E-state index in [1.165, 1.54) is 5.57 Å². The van der Waals surface area contributed by atoms with Crippen molar-refractivity contribution in [1.82, 2.24) is 0 Å². The molecule has 0 saturated carbocycles. The van der Waals surface area contributed by atoms with Gasteiger partial charge in [0, 0.05) is 0 Å². The van der Waals surface area contributed by atoms with E-state index < -0.39 is 6.10 Å². The molecule has 66 valence electrons. The number of allylic oxidation sites excluding steroid dienone is 1. The van der Waals surface area contributed by atoms with Crippen molar-refractivity contribution in [2.75, 3.05) is 19.8 Å². The molecule has 0 aliphatic carbocycles. The number of hydrogen-bond acceptors (Lipinski definition) is 3. The van der Waals surface area contributed by atoms with Crippen LogP contribution in [0.3, 0.4) is 0 Å². The molecule has 0 heterocycles. The van der Waals surface area contributed by atoms with Crippen LogP contribution in [0.1, 0.15) is 13.8 Å². The Morgan fingerprint density at radius 3 is 2.64 bits per heavy atom. The first-order chi connectivity index (χ1) is 5.16. The fourth-order valence-corrected chi connectivity index (χ4v) is 0.482. The zero-order valence-electron chi connectivity index (χ0n) is 7.08. The SMILES string of the molecule is CC(C)=CCOCC(O)CO. The first kappa shape index (κ1) is 10.6. The molecule has 0 spiro atoms. The molecule has 0 rings (SSSR count). The number of aliphatic hydroxyl groups is 2. The summed E-state index contributed by atoms with van der Waals surface area (Å²) < 4.78 is 5.01. The lowest BCUT2D eigenvalue weighted by Crippen LogP contribution is -2.19. The Kier molecular flexibility index (Phi) is 6.12. The highest BCUT2D eigenvalue weighted by atomic mass is 16.5. The maximum Gasteiger partial charge on any atom is 0.100 e. The van der Waals surface area contributed by atoms with Crippen LogP contribution in [-0.4, -0.2) is 36.1 Å². The molecule has 0 fully saturated rings. The lowest BCUT2D eigenvalue weighted by molar-refractivity contribution is 0.0148. The quantitative estimate of drug-likeness (QED) is 0.450. The van der Waals surface area contributed by atoms with Gasteiger partial charge in [0.2, 0.25) is 0 Å². The van der Waals surface area contributed by atoms with Crippen LogP contribution in [0.4, 0.5) is 0 Å². The third-order valence-corrected chi connectivity index (χ3v) is 1.13. The third-order valence-electron chi connectivity index (χ3n) is 1.13. The summed E-state index contributed by atoms with van der Waals surface area (Å²) in [7, 11) is 0. The Bertz CT molecular complexity index is 117. The van der Waals surface area contributed by atoms with E-state index in [0.29, 0.717) is 6.61 Å². The molecule has 11 heavy (non-hydrogen) atoms. The van der Waals surface area contributed by atoms with E-state index in [1.54, 1.807) is 0 Å². The zero-order valence-corrected chi connectivity index (χ0v) is 7.08. The average molecular weight is 160 g/mol. The van der Waals surface area contributed by atoms with E-state index in [2.05, 4.69) is 0 Å². The highest BCUT2D eigenvalue weighted by Crippen LogP contribution is 1.89. The highest BCUT2D eigenvalue weighted by molar-refractivity contribution is 4.92. The Morgan fingerprint density at radius 2 is 2.18 bits per heavy atom. The van der Waals surface area contributed by atoms with Crippen LogP contribution in [0.25, 0.3) is 0 Å². The van der Waals surface area contributed by atoms with Crippen LogP contribution in [0.5, 0.6) is 0 Å². The van der Waals surface area contributed by atoms with Gasteiger partial charge in [-0.15, -0.1) is 0 Å². The highest BCUT2D eigenvalue weighted by Gasteiger charge is 1.99. The van der Waals surface area contributed by atoms with Crippen molar-refractivity contribution in [2.45, 2.75) is 20.0 Å². The van der Waals surface area contributed by atoms with Gasteiger partial charge in [-0.1, -0.05) is 11.6 Å². The van der Waals surface area contributed by atoms with E-state index in [1.807, 2.05) is 19.9 Å². The van der Waals surface area contributed by atoms with Crippen molar-refractivity contribution >= 4 is 0 Å². The first-order valence-electron chi connectivity index (χ1n) is 3.67. The maximum atomic E-state index is 8.83. The number of aliphatic hydroxyl groups excluding tert-OH is 2. The molecule has 1 atom stereocenters. The molecule has 0 aliphatic rings. The van der Waals surface area contributed by atoms with Crippen molar-refractivity contribution in [3.05, 3.63) is 11.6 Å². The fraction of sp³-hybridized carbons (Fsp3) is 0.750. The summed E-state index contributed by atoms with van der Waals surface area (Å²) >= 11 is 0. The molecule has 1 unspecified atom stereocenters. The Balaban J connectivity index is 3.21. The second-order valence-corrected chi connectivity index (χ2v) is 2.66. The molecular weight excluding hydrogens is 144 g/mol. The molecule has 0 saturated heterocycles. The van der Waals surface area contributed by atoms with Crippen LogP contribution in [0.2, 0.25) is 0 Å². The minimum absolute atomic E-state index is 0.195. The van der Waals surface area contributed by atoms with Crippen LogP contribution in [0.15, 0.2) is 11.6 Å². The minimum Gasteiger partial charge on any atom is -0.394 e. The lowest BCUT2D eigenvalue weighted by Gasteiger charge is -2.05. The van der Waals surface area contributed by atoms with Gasteiger partial charge in [0.15, 0.2) is 0 Å². The summed E-state index contributed by atoms with van der Waals surface area (Å²) in [6, 6.07) is 0. The van der Waals surface area contributed by atoms with Crippen molar-refractivity contribution in [1.29, 1.82) is 0 Å². The Morgan fingerprint density at radius 1 is 1.55 bits per heavy atom. The number of ether oxygens (including phenoxy) is 1. The van der Waals surface area contributed by atoms with Crippen LogP contribution >= 0.6 is 0 Å². The maximum absolute atomic E-state index is 8.83. The summed E-state index contributed by atoms with van der Waals surface area (Å²) in [4.78, 5) is 0. The Labute approximate surface area is 67.3 Å². The first-order valence-corrected chi connectivity index (χ1v) is 3.67. The van der Waals surface area contributed by atoms with Crippen molar-refractivity contribution in [3.8, 4) is 0 Å². The monoisotopic (exact) mass is 160 g/mol. The molecule has 0 aromatic heterocycles. The smallest absolute Gasteiger partial charge is 0.100 e. The second kappa shape index (κ2) is 6.34. The van der Waals surface area contributed by atoms with Crippen molar-refractivity contribution in [3.63, 3.8) is 0 Å². The predicted octanol–water partition coefficient (Wildman–Crippen LogP) is 0.322. The third kappa shape index (κ3) is 7.52. The van der Waals surface area contributed by atoms with E-state index in [0.717, 1.165) is 0 Å². The van der Waals surface area contributed by atoms with Crippen LogP contribution in [-0.2, 0) is 4.74 Å². The summed E-state index contributed by atoms with van der Waals surface area (Å²) in [5, 5.41) is 17.2. The van der Waals surface area contributed by atoms with Crippen molar-refractivity contribution in [2.24, 2.45) is 0 Å². The number of rotatable bonds is 5. The van der Waals surface area contributed by atoms with Crippen LogP contribution < -0.4 is 0 Å². The van der Waals surface area contributed by atoms with Gasteiger partial charge in [-0.05, 0) is 13.8 Å². The molecule has 0 bridgehead atoms. The predicted molar refractivity (Wildman–Crippen MR) is 43.3 cm³/mol. The lowest BCUT2D eigenvalue weighted by atomic mass is 10.3. The van der Waals surface area contributed by atoms with Gasteiger partial charge in [-0.3, -0.25) is 0 Å². The average Bonchev–Trinajstić information content (AvgIpc) is 1.97.